The first-order chi connectivity index (χ1) is 16.5. The molecule has 1 fully saturated rings. The van der Waals surface area contributed by atoms with Crippen molar-refractivity contribution in [2.24, 2.45) is 5.92 Å². The van der Waals surface area contributed by atoms with E-state index in [4.69, 9.17) is 20.5 Å². The minimum Gasteiger partial charge on any atom is -0.383 e. The molecule has 0 bridgehead atoms. The van der Waals surface area contributed by atoms with E-state index in [9.17, 15) is 4.79 Å². The number of nitrogens with two attached hydrogens (primary N) is 1. The lowest BCUT2D eigenvalue weighted by atomic mass is 9.98. The van der Waals surface area contributed by atoms with E-state index in [0.29, 0.717) is 42.6 Å². The van der Waals surface area contributed by atoms with Crippen LogP contribution in [0.2, 0.25) is 0 Å². The number of fused-ring (bicyclic) bond motifs is 3. The molecule has 1 aromatic carbocycles. The predicted octanol–water partition coefficient (Wildman–Crippen LogP) is 3.74. The number of anilines is 1. The molecule has 0 spiro atoms. The lowest BCUT2D eigenvalue weighted by molar-refractivity contribution is 0.0444. The summed E-state index contributed by atoms with van der Waals surface area (Å²) in [6, 6.07) is 11.2. The summed E-state index contributed by atoms with van der Waals surface area (Å²) in [5, 5.41) is 9.97. The lowest BCUT2D eigenvalue weighted by Crippen LogP contribution is -2.37. The predicted molar refractivity (Wildman–Crippen MR) is 127 cm³/mol. The molecule has 2 N–H and O–H groups in total. The topological polar surface area (TPSA) is 114 Å². The van der Waals surface area contributed by atoms with Gasteiger partial charge >= 0.3 is 0 Å². The minimum atomic E-state index is -0.112. The molecule has 0 aliphatic carbocycles. The Bertz CT molecular complexity index is 1260. The van der Waals surface area contributed by atoms with Crippen LogP contribution in [-0.2, 0) is 22.6 Å². The van der Waals surface area contributed by atoms with Gasteiger partial charge in [-0.1, -0.05) is 0 Å². The summed E-state index contributed by atoms with van der Waals surface area (Å²) < 4.78 is 11.3. The van der Waals surface area contributed by atoms with Crippen LogP contribution in [0.3, 0.4) is 0 Å². The third kappa shape index (κ3) is 4.32. The largest absolute Gasteiger partial charge is 0.383 e. The number of aromatic nitrogens is 2. The normalized spacial score (nSPS) is 17.9. The van der Waals surface area contributed by atoms with Crippen LogP contribution in [0.1, 0.15) is 58.6 Å². The number of rotatable bonds is 5. The molecule has 8 nitrogen and oxygen atoms in total. The molecule has 1 unspecified atom stereocenters. The van der Waals surface area contributed by atoms with Crippen LogP contribution in [-0.4, -0.2) is 40.5 Å². The van der Waals surface area contributed by atoms with Gasteiger partial charge in [-0.05, 0) is 61.6 Å². The molecular weight excluding hydrogens is 430 g/mol. The highest BCUT2D eigenvalue weighted by Crippen LogP contribution is 2.38. The molecule has 0 radical (unpaired) electrons. The highest BCUT2D eigenvalue weighted by Gasteiger charge is 2.27. The van der Waals surface area contributed by atoms with Crippen molar-refractivity contribution in [3.05, 3.63) is 64.5 Å². The third-order valence-electron chi connectivity index (χ3n) is 6.71. The summed E-state index contributed by atoms with van der Waals surface area (Å²) in [6.07, 6.45) is 3.28. The highest BCUT2D eigenvalue weighted by atomic mass is 16.5. The molecule has 1 saturated heterocycles. The number of nitrogens with zero attached hydrogens (tertiary/aromatic N) is 4. The second kappa shape index (κ2) is 9.37. The number of nitriles is 1. The Morgan fingerprint density at radius 3 is 2.82 bits per heavy atom. The maximum absolute atomic E-state index is 13.8. The number of ether oxygens (including phenoxy) is 2. The van der Waals surface area contributed by atoms with Gasteiger partial charge in [0.1, 0.15) is 11.9 Å². The Hall–Kier alpha value is -3.54. The van der Waals surface area contributed by atoms with Crippen molar-refractivity contribution in [1.29, 1.82) is 5.26 Å². The number of hydrogen-bond donors (Lipinski definition) is 1. The van der Waals surface area contributed by atoms with Crippen LogP contribution < -0.4 is 5.73 Å². The van der Waals surface area contributed by atoms with Crippen LogP contribution in [0.25, 0.3) is 10.9 Å². The lowest BCUT2D eigenvalue weighted by Gasteiger charge is -2.30. The summed E-state index contributed by atoms with van der Waals surface area (Å²) >= 11 is 0. The number of benzene rings is 1. The zero-order valence-corrected chi connectivity index (χ0v) is 19.2. The minimum absolute atomic E-state index is 0.0582. The van der Waals surface area contributed by atoms with Crippen molar-refractivity contribution < 1.29 is 14.3 Å². The van der Waals surface area contributed by atoms with Crippen molar-refractivity contribution in [2.75, 3.05) is 25.5 Å². The van der Waals surface area contributed by atoms with Gasteiger partial charge in [-0.3, -0.25) is 9.78 Å². The molecule has 2 aliphatic rings. The number of pyridine rings is 2. The number of nitrogen functional groups attached to an aromatic ring is 1. The van der Waals surface area contributed by atoms with E-state index in [1.165, 1.54) is 0 Å². The van der Waals surface area contributed by atoms with Gasteiger partial charge in [0.05, 0.1) is 36.0 Å². The summed E-state index contributed by atoms with van der Waals surface area (Å²) in [4.78, 5) is 24.6. The average Bonchev–Trinajstić information content (AvgIpc) is 3.26. The van der Waals surface area contributed by atoms with Gasteiger partial charge in [-0.25, -0.2) is 4.98 Å². The van der Waals surface area contributed by atoms with Gasteiger partial charge in [0, 0.05) is 42.5 Å². The first-order valence-electron chi connectivity index (χ1n) is 11.6. The molecular formula is C26H27N5O3. The van der Waals surface area contributed by atoms with E-state index < -0.39 is 0 Å². The quantitative estimate of drug-likeness (QED) is 0.621. The molecule has 8 heteroatoms. The van der Waals surface area contributed by atoms with Crippen LogP contribution in [0.4, 0.5) is 5.82 Å². The van der Waals surface area contributed by atoms with Crippen molar-refractivity contribution >= 4 is 22.6 Å². The molecule has 4 heterocycles. The fourth-order valence-corrected chi connectivity index (χ4v) is 4.82. The van der Waals surface area contributed by atoms with E-state index in [2.05, 4.69) is 16.0 Å². The van der Waals surface area contributed by atoms with E-state index >= 15 is 0 Å². The smallest absolute Gasteiger partial charge is 0.254 e. The first-order valence-corrected chi connectivity index (χ1v) is 11.6. The fourth-order valence-electron chi connectivity index (χ4n) is 4.82. The third-order valence-corrected chi connectivity index (χ3v) is 6.71. The van der Waals surface area contributed by atoms with Gasteiger partial charge < -0.3 is 20.1 Å². The van der Waals surface area contributed by atoms with Crippen molar-refractivity contribution in [3.8, 4) is 6.07 Å². The molecule has 2 aromatic heterocycles. The highest BCUT2D eigenvalue weighted by molar-refractivity contribution is 5.99. The average molecular weight is 458 g/mol. The fraction of sp³-hybridized carbons (Fsp3) is 0.385. The first kappa shape index (κ1) is 22.3. The monoisotopic (exact) mass is 457 g/mol. The van der Waals surface area contributed by atoms with Crippen LogP contribution in [0.5, 0.6) is 0 Å². The molecule has 174 valence electrons. The van der Waals surface area contributed by atoms with Gasteiger partial charge in [0.15, 0.2) is 0 Å². The number of hydrogen-bond acceptors (Lipinski definition) is 7. The van der Waals surface area contributed by atoms with E-state index in [-0.39, 0.29) is 12.0 Å². The molecule has 0 saturated carbocycles. The standard InChI is InChI=1S/C26H27N5O3/c1-16-24-22(15-34-16)21-10-19(3-5-23(21)30-25(24)28)26(32)31(13-17-6-8-33-9-7-17)14-20-4-2-18(11-27)12-29-20/h2-5,10,12,16-17H,6-9,13-15H2,1H3,(H2,28,30). The summed E-state index contributed by atoms with van der Waals surface area (Å²) in [5.41, 5.74) is 10.7. The van der Waals surface area contributed by atoms with E-state index in [1.807, 2.05) is 36.1 Å². The van der Waals surface area contributed by atoms with Gasteiger partial charge in [-0.15, -0.1) is 0 Å². The molecule has 2 aliphatic heterocycles. The van der Waals surface area contributed by atoms with Crippen LogP contribution in [0, 0.1) is 17.2 Å². The maximum atomic E-state index is 13.8. The van der Waals surface area contributed by atoms with E-state index in [1.54, 1.807) is 12.3 Å². The zero-order chi connectivity index (χ0) is 23.7. The number of carbonyl (C=O) groups is 1. The summed E-state index contributed by atoms with van der Waals surface area (Å²) in [7, 11) is 0. The summed E-state index contributed by atoms with van der Waals surface area (Å²) in [6.45, 7) is 4.85. The Morgan fingerprint density at radius 2 is 2.09 bits per heavy atom. The number of carbonyl (C=O) groups excluding carboxylic acids is 1. The Kier molecular flexibility index (Phi) is 6.14. The van der Waals surface area contributed by atoms with Gasteiger partial charge in [0.2, 0.25) is 0 Å². The second-order valence-electron chi connectivity index (χ2n) is 8.97. The van der Waals surface area contributed by atoms with Crippen molar-refractivity contribution in [2.45, 2.75) is 39.0 Å². The van der Waals surface area contributed by atoms with Gasteiger partial charge in [0.25, 0.3) is 5.91 Å². The number of amides is 1. The van der Waals surface area contributed by atoms with Crippen LogP contribution in [0.15, 0.2) is 36.5 Å². The zero-order valence-electron chi connectivity index (χ0n) is 19.2. The van der Waals surface area contributed by atoms with Crippen molar-refractivity contribution in [3.63, 3.8) is 0 Å². The van der Waals surface area contributed by atoms with Crippen LogP contribution >= 0.6 is 0 Å². The summed E-state index contributed by atoms with van der Waals surface area (Å²) in [5.74, 6) is 0.799. The molecule has 5 rings (SSSR count). The maximum Gasteiger partial charge on any atom is 0.254 e. The molecule has 1 atom stereocenters. The molecule has 34 heavy (non-hydrogen) atoms. The van der Waals surface area contributed by atoms with Gasteiger partial charge in [-0.2, -0.15) is 5.26 Å². The Morgan fingerprint density at radius 1 is 1.26 bits per heavy atom. The second-order valence-corrected chi connectivity index (χ2v) is 8.97. The molecule has 1 amide bonds. The Balaban J connectivity index is 1.48. The van der Waals surface area contributed by atoms with E-state index in [0.717, 1.165) is 53.8 Å². The SMILES string of the molecule is CC1OCc2c1c(N)nc1ccc(C(=O)N(Cc3ccc(C#N)cn3)CC3CCOCC3)cc21. The van der Waals surface area contributed by atoms with Crippen molar-refractivity contribution in [1.82, 2.24) is 14.9 Å². The Labute approximate surface area is 198 Å². The molecule has 3 aromatic rings.